The van der Waals surface area contributed by atoms with E-state index in [-0.39, 0.29) is 30.2 Å². The fourth-order valence-corrected chi connectivity index (χ4v) is 2.79. The molecule has 0 aromatic carbocycles. The van der Waals surface area contributed by atoms with Crippen LogP contribution in [0.2, 0.25) is 0 Å². The molecule has 2 atom stereocenters. The molecule has 1 amide bonds. The SMILES string of the molecule is Cc1nn(CCC(=O)N[C@H](C)[C@@H]2CCCO2)c(C)c1[N+](=O)[O-]. The Morgan fingerprint density at radius 3 is 2.86 bits per heavy atom. The van der Waals surface area contributed by atoms with Gasteiger partial charge in [-0.1, -0.05) is 0 Å². The number of nitrogens with zero attached hydrogens (tertiary/aromatic N) is 3. The largest absolute Gasteiger partial charge is 0.376 e. The summed E-state index contributed by atoms with van der Waals surface area (Å²) in [5.74, 6) is -0.0989. The van der Waals surface area contributed by atoms with Gasteiger partial charge in [0.1, 0.15) is 11.4 Å². The molecule has 8 heteroatoms. The maximum atomic E-state index is 12.0. The van der Waals surface area contributed by atoms with E-state index in [1.54, 1.807) is 13.8 Å². The minimum absolute atomic E-state index is 0.0214. The standard InChI is InChI=1S/C14H22N4O4/c1-9(12-5-4-8-22-12)15-13(19)6-7-17-11(3)14(18(20)21)10(2)16-17/h9,12H,4-8H2,1-3H3,(H,15,19)/t9-,12+/m1/s1. The van der Waals surface area contributed by atoms with Crippen molar-refractivity contribution in [1.82, 2.24) is 15.1 Å². The summed E-state index contributed by atoms with van der Waals surface area (Å²) in [6.45, 7) is 6.25. The van der Waals surface area contributed by atoms with Gasteiger partial charge in [0.2, 0.25) is 5.91 Å². The van der Waals surface area contributed by atoms with Gasteiger partial charge >= 0.3 is 5.69 Å². The molecule has 122 valence electrons. The van der Waals surface area contributed by atoms with Crippen molar-refractivity contribution in [1.29, 1.82) is 0 Å². The van der Waals surface area contributed by atoms with Crippen LogP contribution in [0.15, 0.2) is 0 Å². The summed E-state index contributed by atoms with van der Waals surface area (Å²) in [5, 5.41) is 18.0. The van der Waals surface area contributed by atoms with Crippen LogP contribution in [-0.4, -0.2) is 39.4 Å². The number of nitro groups is 1. The highest BCUT2D eigenvalue weighted by Crippen LogP contribution is 2.22. The van der Waals surface area contributed by atoms with E-state index in [4.69, 9.17) is 4.74 Å². The van der Waals surface area contributed by atoms with Gasteiger partial charge in [-0.15, -0.1) is 0 Å². The highest BCUT2D eigenvalue weighted by molar-refractivity contribution is 5.76. The van der Waals surface area contributed by atoms with Crippen LogP contribution in [0.25, 0.3) is 0 Å². The Bertz CT molecular complexity index is 563. The molecule has 1 N–H and O–H groups in total. The minimum atomic E-state index is -0.437. The Labute approximate surface area is 129 Å². The number of aromatic nitrogens is 2. The second-order valence-electron chi connectivity index (χ2n) is 5.66. The maximum Gasteiger partial charge on any atom is 0.312 e. The first-order valence-corrected chi connectivity index (χ1v) is 7.49. The molecule has 0 bridgehead atoms. The van der Waals surface area contributed by atoms with Gasteiger partial charge < -0.3 is 10.1 Å². The van der Waals surface area contributed by atoms with Crippen molar-refractivity contribution in [3.8, 4) is 0 Å². The van der Waals surface area contributed by atoms with Crippen molar-refractivity contribution < 1.29 is 14.5 Å². The highest BCUT2D eigenvalue weighted by atomic mass is 16.6. The molecule has 1 aromatic rings. The van der Waals surface area contributed by atoms with Crippen molar-refractivity contribution in [2.75, 3.05) is 6.61 Å². The Balaban J connectivity index is 1.88. The molecule has 8 nitrogen and oxygen atoms in total. The maximum absolute atomic E-state index is 12.0. The summed E-state index contributed by atoms with van der Waals surface area (Å²) < 4.78 is 7.05. The summed E-state index contributed by atoms with van der Waals surface area (Å²) in [7, 11) is 0. The van der Waals surface area contributed by atoms with E-state index in [2.05, 4.69) is 10.4 Å². The third-order valence-corrected chi connectivity index (χ3v) is 3.99. The Hall–Kier alpha value is -1.96. The van der Waals surface area contributed by atoms with Crippen LogP contribution in [0.5, 0.6) is 0 Å². The van der Waals surface area contributed by atoms with Gasteiger partial charge in [-0.05, 0) is 33.6 Å². The van der Waals surface area contributed by atoms with Crippen LogP contribution in [0.1, 0.15) is 37.6 Å². The zero-order chi connectivity index (χ0) is 16.3. The molecule has 22 heavy (non-hydrogen) atoms. The zero-order valence-corrected chi connectivity index (χ0v) is 13.2. The van der Waals surface area contributed by atoms with Gasteiger partial charge in [-0.2, -0.15) is 5.10 Å². The quantitative estimate of drug-likeness (QED) is 0.634. The van der Waals surface area contributed by atoms with Crippen LogP contribution in [-0.2, 0) is 16.1 Å². The lowest BCUT2D eigenvalue weighted by Crippen LogP contribution is -2.41. The smallest absolute Gasteiger partial charge is 0.312 e. The van der Waals surface area contributed by atoms with Gasteiger partial charge in [0, 0.05) is 13.0 Å². The molecule has 2 heterocycles. The van der Waals surface area contributed by atoms with Crippen LogP contribution in [0.4, 0.5) is 5.69 Å². The molecule has 0 radical (unpaired) electrons. The summed E-state index contributed by atoms with van der Waals surface area (Å²) in [4.78, 5) is 22.5. The summed E-state index contributed by atoms with van der Waals surface area (Å²) >= 11 is 0. The molecule has 1 aliphatic rings. The number of amides is 1. The van der Waals surface area contributed by atoms with Crippen LogP contribution >= 0.6 is 0 Å². The number of carbonyl (C=O) groups is 1. The molecule has 1 saturated heterocycles. The molecule has 0 saturated carbocycles. The fraction of sp³-hybridized carbons (Fsp3) is 0.714. The van der Waals surface area contributed by atoms with Crippen molar-refractivity contribution >= 4 is 11.6 Å². The van der Waals surface area contributed by atoms with Gasteiger partial charge in [0.05, 0.1) is 23.6 Å². The number of nitrogens with one attached hydrogen (secondary N) is 1. The Kier molecular flexibility index (Phi) is 5.12. The topological polar surface area (TPSA) is 99.3 Å². The van der Waals surface area contributed by atoms with Gasteiger partial charge in [0.15, 0.2) is 0 Å². The predicted molar refractivity (Wildman–Crippen MR) is 79.6 cm³/mol. The van der Waals surface area contributed by atoms with Crippen LogP contribution < -0.4 is 5.32 Å². The number of ether oxygens (including phenoxy) is 1. The van der Waals surface area contributed by atoms with E-state index in [0.29, 0.717) is 17.9 Å². The lowest BCUT2D eigenvalue weighted by atomic mass is 10.1. The molecule has 1 aromatic heterocycles. The first kappa shape index (κ1) is 16.4. The monoisotopic (exact) mass is 310 g/mol. The van der Waals surface area contributed by atoms with Crippen LogP contribution in [0, 0.1) is 24.0 Å². The molecule has 0 aliphatic carbocycles. The predicted octanol–water partition coefficient (Wildman–Crippen LogP) is 1.48. The Morgan fingerprint density at radius 1 is 1.59 bits per heavy atom. The average molecular weight is 310 g/mol. The van der Waals surface area contributed by atoms with Crippen molar-refractivity contribution in [2.24, 2.45) is 0 Å². The molecule has 0 spiro atoms. The number of hydrogen-bond acceptors (Lipinski definition) is 5. The molecule has 0 unspecified atom stereocenters. The zero-order valence-electron chi connectivity index (χ0n) is 13.2. The molecule has 1 aliphatic heterocycles. The van der Waals surface area contributed by atoms with E-state index < -0.39 is 4.92 Å². The van der Waals surface area contributed by atoms with Gasteiger partial charge in [-0.25, -0.2) is 0 Å². The average Bonchev–Trinajstić information content (AvgIpc) is 3.04. The second-order valence-corrected chi connectivity index (χ2v) is 5.66. The number of carbonyl (C=O) groups excluding carboxylic acids is 1. The van der Waals surface area contributed by atoms with E-state index in [1.807, 2.05) is 6.92 Å². The molecule has 1 fully saturated rings. The number of aryl methyl sites for hydroxylation is 2. The summed E-state index contributed by atoms with van der Waals surface area (Å²) in [6, 6.07) is -0.0233. The van der Waals surface area contributed by atoms with E-state index in [9.17, 15) is 14.9 Å². The summed E-state index contributed by atoms with van der Waals surface area (Å²) in [6.07, 6.45) is 2.31. The molecule has 2 rings (SSSR count). The van der Waals surface area contributed by atoms with Crippen molar-refractivity contribution in [3.63, 3.8) is 0 Å². The summed E-state index contributed by atoms with van der Waals surface area (Å²) in [5.41, 5.74) is 0.867. The third kappa shape index (κ3) is 3.62. The van der Waals surface area contributed by atoms with Gasteiger partial charge in [0.25, 0.3) is 0 Å². The lowest BCUT2D eigenvalue weighted by molar-refractivity contribution is -0.386. The Morgan fingerprint density at radius 2 is 2.32 bits per heavy atom. The minimum Gasteiger partial charge on any atom is -0.376 e. The van der Waals surface area contributed by atoms with E-state index in [1.165, 1.54) is 4.68 Å². The van der Waals surface area contributed by atoms with Crippen LogP contribution in [0.3, 0.4) is 0 Å². The molecular formula is C14H22N4O4. The number of rotatable bonds is 6. The second kappa shape index (κ2) is 6.87. The van der Waals surface area contributed by atoms with Crippen molar-refractivity contribution in [2.45, 2.75) is 58.7 Å². The number of hydrogen-bond donors (Lipinski definition) is 1. The molecular weight excluding hydrogens is 288 g/mol. The van der Waals surface area contributed by atoms with E-state index >= 15 is 0 Å². The first-order valence-electron chi connectivity index (χ1n) is 7.49. The van der Waals surface area contributed by atoms with Crippen molar-refractivity contribution in [3.05, 3.63) is 21.5 Å². The third-order valence-electron chi connectivity index (χ3n) is 3.99. The normalized spacial score (nSPS) is 19.1. The first-order chi connectivity index (χ1) is 10.4. The lowest BCUT2D eigenvalue weighted by Gasteiger charge is -2.20. The van der Waals surface area contributed by atoms with Gasteiger partial charge in [-0.3, -0.25) is 19.6 Å². The van der Waals surface area contributed by atoms with E-state index in [0.717, 1.165) is 19.4 Å². The highest BCUT2D eigenvalue weighted by Gasteiger charge is 2.24. The fourth-order valence-electron chi connectivity index (χ4n) is 2.79.